The van der Waals surface area contributed by atoms with Gasteiger partial charge in [-0.15, -0.1) is 0 Å². The summed E-state index contributed by atoms with van der Waals surface area (Å²) >= 11 is 0. The second kappa shape index (κ2) is 3.59. The highest BCUT2D eigenvalue weighted by Gasteiger charge is 2.11. The number of aryl methyl sites for hydroxylation is 1. The summed E-state index contributed by atoms with van der Waals surface area (Å²) in [4.78, 5) is 4.18. The van der Waals surface area contributed by atoms with Gasteiger partial charge in [-0.3, -0.25) is 10.1 Å². The lowest BCUT2D eigenvalue weighted by atomic mass is 10.1. The van der Waals surface area contributed by atoms with E-state index in [0.29, 0.717) is 0 Å². The molecular formula is C10H11N3O. The molecule has 0 amide bonds. The van der Waals surface area contributed by atoms with E-state index in [1.807, 2.05) is 25.1 Å². The van der Waals surface area contributed by atoms with Crippen LogP contribution in [0.2, 0.25) is 0 Å². The summed E-state index contributed by atoms with van der Waals surface area (Å²) in [6.07, 6.45) is 1.71. The second-order valence-corrected chi connectivity index (χ2v) is 3.05. The topological polar surface area (TPSA) is 61.8 Å². The maximum atomic E-state index is 9.16. The number of nitrogens with zero attached hydrogens (tertiary/aromatic N) is 2. The van der Waals surface area contributed by atoms with Crippen LogP contribution in [0.5, 0.6) is 0 Å². The van der Waals surface area contributed by atoms with E-state index in [4.69, 9.17) is 5.11 Å². The Morgan fingerprint density at radius 2 is 2.29 bits per heavy atom. The maximum absolute atomic E-state index is 9.16. The Bertz CT molecular complexity index is 422. The Morgan fingerprint density at radius 1 is 1.43 bits per heavy atom. The summed E-state index contributed by atoms with van der Waals surface area (Å²) in [5.74, 6) is 0. The highest BCUT2D eigenvalue weighted by Crippen LogP contribution is 2.20. The molecule has 4 heteroatoms. The number of aliphatic hydroxyl groups excluding tert-OH is 1. The Labute approximate surface area is 81.6 Å². The number of aromatic amines is 1. The Morgan fingerprint density at radius 3 is 2.93 bits per heavy atom. The summed E-state index contributed by atoms with van der Waals surface area (Å²) in [5, 5.41) is 16.1. The van der Waals surface area contributed by atoms with Crippen molar-refractivity contribution in [1.82, 2.24) is 15.2 Å². The molecule has 0 aliphatic rings. The maximum Gasteiger partial charge on any atom is 0.116 e. The number of H-pyrrole nitrogens is 1. The molecule has 14 heavy (non-hydrogen) atoms. The largest absolute Gasteiger partial charge is 0.392 e. The van der Waals surface area contributed by atoms with E-state index in [0.717, 1.165) is 22.6 Å². The van der Waals surface area contributed by atoms with Gasteiger partial charge < -0.3 is 5.11 Å². The lowest BCUT2D eigenvalue weighted by Gasteiger charge is -1.98. The Balaban J connectivity index is 2.52. The number of hydrogen-bond donors (Lipinski definition) is 2. The van der Waals surface area contributed by atoms with Crippen molar-refractivity contribution in [2.45, 2.75) is 13.5 Å². The third kappa shape index (κ3) is 1.40. The van der Waals surface area contributed by atoms with E-state index < -0.39 is 0 Å². The first-order valence-corrected chi connectivity index (χ1v) is 4.39. The molecule has 4 nitrogen and oxygen atoms in total. The summed E-state index contributed by atoms with van der Waals surface area (Å²) < 4.78 is 0. The molecule has 0 fully saturated rings. The average Bonchev–Trinajstić information content (AvgIpc) is 2.61. The van der Waals surface area contributed by atoms with Gasteiger partial charge in [-0.25, -0.2) is 0 Å². The molecule has 72 valence electrons. The molecule has 2 heterocycles. The van der Waals surface area contributed by atoms with Crippen LogP contribution in [0.4, 0.5) is 0 Å². The van der Waals surface area contributed by atoms with Gasteiger partial charge in [-0.2, -0.15) is 5.10 Å². The summed E-state index contributed by atoms with van der Waals surface area (Å²) in [7, 11) is 0. The number of pyridine rings is 1. The van der Waals surface area contributed by atoms with E-state index in [1.54, 1.807) is 6.20 Å². The molecule has 2 aromatic rings. The standard InChI is InChI=1S/C10H11N3O/c1-7-8(6-14)10(13-12-7)9-4-2-3-5-11-9/h2-5,14H,6H2,1H3,(H,12,13). The average molecular weight is 189 g/mol. The third-order valence-electron chi connectivity index (χ3n) is 2.14. The van der Waals surface area contributed by atoms with Crippen LogP contribution in [0, 0.1) is 6.92 Å². The van der Waals surface area contributed by atoms with Crippen molar-refractivity contribution >= 4 is 0 Å². The second-order valence-electron chi connectivity index (χ2n) is 3.05. The first-order chi connectivity index (χ1) is 6.83. The van der Waals surface area contributed by atoms with Crippen molar-refractivity contribution < 1.29 is 5.11 Å². The molecule has 0 aliphatic heterocycles. The van der Waals surface area contributed by atoms with Gasteiger partial charge in [0.25, 0.3) is 0 Å². The lowest BCUT2D eigenvalue weighted by Crippen LogP contribution is -1.89. The van der Waals surface area contributed by atoms with E-state index in [1.165, 1.54) is 0 Å². The number of rotatable bonds is 2. The lowest BCUT2D eigenvalue weighted by molar-refractivity contribution is 0.281. The Hall–Kier alpha value is -1.68. The summed E-state index contributed by atoms with van der Waals surface area (Å²) in [5.41, 5.74) is 3.20. The van der Waals surface area contributed by atoms with Crippen LogP contribution in [0.3, 0.4) is 0 Å². The molecule has 0 radical (unpaired) electrons. The minimum absolute atomic E-state index is 0.0196. The van der Waals surface area contributed by atoms with E-state index in [-0.39, 0.29) is 6.61 Å². The van der Waals surface area contributed by atoms with Crippen LogP contribution >= 0.6 is 0 Å². The van der Waals surface area contributed by atoms with Gasteiger partial charge in [0, 0.05) is 17.5 Å². The van der Waals surface area contributed by atoms with Crippen molar-refractivity contribution in [3.05, 3.63) is 35.7 Å². The van der Waals surface area contributed by atoms with Gasteiger partial charge in [0.2, 0.25) is 0 Å². The summed E-state index contributed by atoms with van der Waals surface area (Å²) in [6.45, 7) is 1.86. The van der Waals surface area contributed by atoms with Crippen LogP contribution in [0.25, 0.3) is 11.4 Å². The highest BCUT2D eigenvalue weighted by molar-refractivity contribution is 5.59. The molecule has 0 saturated carbocycles. The van der Waals surface area contributed by atoms with Gasteiger partial charge in [0.05, 0.1) is 12.3 Å². The fourth-order valence-electron chi connectivity index (χ4n) is 1.36. The predicted molar refractivity (Wildman–Crippen MR) is 52.5 cm³/mol. The van der Waals surface area contributed by atoms with Crippen LogP contribution in [-0.4, -0.2) is 20.3 Å². The third-order valence-corrected chi connectivity index (χ3v) is 2.14. The zero-order valence-electron chi connectivity index (χ0n) is 7.86. The van der Waals surface area contributed by atoms with Crippen LogP contribution in [-0.2, 0) is 6.61 Å². The van der Waals surface area contributed by atoms with Crippen molar-refractivity contribution in [3.8, 4) is 11.4 Å². The monoisotopic (exact) mass is 189 g/mol. The number of aromatic nitrogens is 3. The van der Waals surface area contributed by atoms with Gasteiger partial charge in [-0.05, 0) is 19.1 Å². The summed E-state index contributed by atoms with van der Waals surface area (Å²) in [6, 6.07) is 5.61. The fourth-order valence-corrected chi connectivity index (χ4v) is 1.36. The smallest absolute Gasteiger partial charge is 0.116 e. The zero-order chi connectivity index (χ0) is 9.97. The first kappa shape index (κ1) is 8.90. The van der Waals surface area contributed by atoms with Crippen molar-refractivity contribution in [3.63, 3.8) is 0 Å². The minimum Gasteiger partial charge on any atom is -0.392 e. The molecule has 2 rings (SSSR count). The predicted octanol–water partition coefficient (Wildman–Crippen LogP) is 1.27. The molecule has 2 N–H and O–H groups in total. The van der Waals surface area contributed by atoms with Gasteiger partial charge in [-0.1, -0.05) is 6.07 Å². The van der Waals surface area contributed by atoms with Crippen molar-refractivity contribution in [2.24, 2.45) is 0 Å². The van der Waals surface area contributed by atoms with E-state index in [2.05, 4.69) is 15.2 Å². The zero-order valence-corrected chi connectivity index (χ0v) is 7.86. The van der Waals surface area contributed by atoms with Crippen LogP contribution in [0.15, 0.2) is 24.4 Å². The molecule has 0 spiro atoms. The number of hydrogen-bond acceptors (Lipinski definition) is 3. The quantitative estimate of drug-likeness (QED) is 0.747. The van der Waals surface area contributed by atoms with Gasteiger partial charge >= 0.3 is 0 Å². The van der Waals surface area contributed by atoms with E-state index >= 15 is 0 Å². The molecule has 0 unspecified atom stereocenters. The van der Waals surface area contributed by atoms with Crippen LogP contribution in [0.1, 0.15) is 11.3 Å². The minimum atomic E-state index is -0.0196. The Kier molecular flexibility index (Phi) is 2.28. The first-order valence-electron chi connectivity index (χ1n) is 4.39. The van der Waals surface area contributed by atoms with Gasteiger partial charge in [0.1, 0.15) is 5.69 Å². The number of aliphatic hydroxyl groups is 1. The molecular weight excluding hydrogens is 178 g/mol. The normalized spacial score (nSPS) is 10.4. The van der Waals surface area contributed by atoms with Crippen molar-refractivity contribution in [1.29, 1.82) is 0 Å². The highest BCUT2D eigenvalue weighted by atomic mass is 16.3. The van der Waals surface area contributed by atoms with E-state index in [9.17, 15) is 0 Å². The molecule has 0 aromatic carbocycles. The number of nitrogens with one attached hydrogen (secondary N) is 1. The molecule has 0 saturated heterocycles. The molecule has 0 bridgehead atoms. The molecule has 2 aromatic heterocycles. The van der Waals surface area contributed by atoms with Gasteiger partial charge in [0.15, 0.2) is 0 Å². The van der Waals surface area contributed by atoms with Crippen LogP contribution < -0.4 is 0 Å². The van der Waals surface area contributed by atoms with Crippen molar-refractivity contribution in [2.75, 3.05) is 0 Å². The SMILES string of the molecule is Cc1[nH]nc(-c2ccccn2)c1CO. The molecule has 0 atom stereocenters. The molecule has 0 aliphatic carbocycles. The fraction of sp³-hybridized carbons (Fsp3) is 0.200.